The number of carbonyl (C=O) groups is 1. The van der Waals surface area contributed by atoms with E-state index in [1.165, 1.54) is 11.0 Å². The van der Waals surface area contributed by atoms with E-state index in [4.69, 9.17) is 9.15 Å². The number of fused-ring (bicyclic) bond motifs is 1. The number of hydrogen-bond donors (Lipinski definition) is 2. The maximum atomic E-state index is 11.8. The van der Waals surface area contributed by atoms with Crippen LogP contribution < -0.4 is 20.6 Å². The molecule has 1 aromatic heterocycles. The van der Waals surface area contributed by atoms with Crippen molar-refractivity contribution >= 4 is 16.9 Å². The highest BCUT2D eigenvalue weighted by molar-refractivity contribution is 5.85. The van der Waals surface area contributed by atoms with Gasteiger partial charge in [-0.05, 0) is 31.5 Å². The number of rotatable bonds is 6. The summed E-state index contributed by atoms with van der Waals surface area (Å²) in [7, 11) is 4.05. The second-order valence-electron chi connectivity index (χ2n) is 5.91. The first-order chi connectivity index (χ1) is 10.9. The molecule has 6 nitrogen and oxygen atoms in total. The highest BCUT2D eigenvalue weighted by Gasteiger charge is 2.11. The fourth-order valence-corrected chi connectivity index (χ4v) is 2.30. The van der Waals surface area contributed by atoms with Crippen LogP contribution in [0.15, 0.2) is 27.4 Å². The molecule has 124 valence electrons. The standard InChI is InChI=1S/C17H22N2O4/c1-11-9-16(21)23-17-12(2)14(6-5-13(11)17)22-10-15(20)18-7-8-19(3)4/h5-6,9H,7-8,10H2,1-4H3,(H,18,20)/p+1. The molecule has 0 atom stereocenters. The third-order valence-corrected chi connectivity index (χ3v) is 3.62. The molecule has 0 aliphatic heterocycles. The van der Waals surface area contributed by atoms with Crippen molar-refractivity contribution in [3.05, 3.63) is 39.7 Å². The molecule has 0 unspecified atom stereocenters. The molecule has 0 aliphatic rings. The van der Waals surface area contributed by atoms with E-state index in [0.29, 0.717) is 23.4 Å². The van der Waals surface area contributed by atoms with Crippen molar-refractivity contribution in [2.75, 3.05) is 33.8 Å². The number of carbonyl (C=O) groups excluding carboxylic acids is 1. The summed E-state index contributed by atoms with van der Waals surface area (Å²) in [5.41, 5.74) is 1.69. The van der Waals surface area contributed by atoms with Crippen LogP contribution in [0.1, 0.15) is 11.1 Å². The Morgan fingerprint density at radius 3 is 2.74 bits per heavy atom. The average Bonchev–Trinajstić information content (AvgIpc) is 2.46. The fraction of sp³-hybridized carbons (Fsp3) is 0.412. The fourth-order valence-electron chi connectivity index (χ4n) is 2.30. The number of quaternary nitrogens is 1. The molecule has 2 N–H and O–H groups in total. The van der Waals surface area contributed by atoms with Gasteiger partial charge in [0.05, 0.1) is 27.2 Å². The van der Waals surface area contributed by atoms with E-state index >= 15 is 0 Å². The lowest BCUT2D eigenvalue weighted by Crippen LogP contribution is -3.06. The van der Waals surface area contributed by atoms with Crippen molar-refractivity contribution < 1.29 is 18.8 Å². The maximum absolute atomic E-state index is 11.8. The van der Waals surface area contributed by atoms with Gasteiger partial charge >= 0.3 is 5.63 Å². The maximum Gasteiger partial charge on any atom is 0.336 e. The summed E-state index contributed by atoms with van der Waals surface area (Å²) in [5.74, 6) is 0.371. The van der Waals surface area contributed by atoms with E-state index in [-0.39, 0.29) is 18.1 Å². The monoisotopic (exact) mass is 319 g/mol. The van der Waals surface area contributed by atoms with Gasteiger partial charge < -0.3 is 19.4 Å². The Bertz CT molecular complexity index is 765. The molecule has 0 aliphatic carbocycles. The normalized spacial score (nSPS) is 11.0. The minimum absolute atomic E-state index is 0.0643. The molecule has 6 heteroatoms. The molecule has 0 radical (unpaired) electrons. The Balaban J connectivity index is 2.08. The first-order valence-electron chi connectivity index (χ1n) is 7.61. The van der Waals surface area contributed by atoms with Crippen molar-refractivity contribution in [2.24, 2.45) is 0 Å². The van der Waals surface area contributed by atoms with E-state index < -0.39 is 0 Å². The lowest BCUT2D eigenvalue weighted by Gasteiger charge is -2.12. The van der Waals surface area contributed by atoms with E-state index in [1.54, 1.807) is 6.07 Å². The molecule has 1 heterocycles. The van der Waals surface area contributed by atoms with E-state index in [0.717, 1.165) is 17.5 Å². The Morgan fingerprint density at radius 2 is 2.04 bits per heavy atom. The van der Waals surface area contributed by atoms with Crippen LogP contribution >= 0.6 is 0 Å². The van der Waals surface area contributed by atoms with Gasteiger partial charge in [0.2, 0.25) is 0 Å². The number of nitrogens with one attached hydrogen (secondary N) is 2. The zero-order valence-electron chi connectivity index (χ0n) is 14.0. The second kappa shape index (κ2) is 7.28. The van der Waals surface area contributed by atoms with Gasteiger partial charge in [-0.15, -0.1) is 0 Å². The predicted octanol–water partition coefficient (Wildman–Crippen LogP) is 0.0493. The third-order valence-electron chi connectivity index (χ3n) is 3.62. The molecule has 1 amide bonds. The lowest BCUT2D eigenvalue weighted by atomic mass is 10.1. The largest absolute Gasteiger partial charge is 0.483 e. The predicted molar refractivity (Wildman–Crippen MR) is 88.1 cm³/mol. The van der Waals surface area contributed by atoms with Gasteiger partial charge in [-0.2, -0.15) is 0 Å². The number of hydrogen-bond acceptors (Lipinski definition) is 4. The first kappa shape index (κ1) is 17.0. The van der Waals surface area contributed by atoms with Gasteiger partial charge in [0.25, 0.3) is 5.91 Å². The molecule has 23 heavy (non-hydrogen) atoms. The van der Waals surface area contributed by atoms with Crippen LogP contribution in [0, 0.1) is 13.8 Å². The van der Waals surface area contributed by atoms with Gasteiger partial charge in [0.1, 0.15) is 11.3 Å². The smallest absolute Gasteiger partial charge is 0.336 e. The summed E-state index contributed by atoms with van der Waals surface area (Å²) in [6.45, 7) is 5.07. The summed E-state index contributed by atoms with van der Waals surface area (Å²) in [6, 6.07) is 5.09. The highest BCUT2D eigenvalue weighted by Crippen LogP contribution is 2.27. The van der Waals surface area contributed by atoms with Crippen molar-refractivity contribution in [1.82, 2.24) is 5.32 Å². The number of benzene rings is 1. The van der Waals surface area contributed by atoms with Crippen LogP contribution in [0.5, 0.6) is 5.75 Å². The SMILES string of the molecule is Cc1cc(=O)oc2c(C)c(OCC(=O)NCC[NH+](C)C)ccc12. The zero-order chi connectivity index (χ0) is 17.0. The van der Waals surface area contributed by atoms with Gasteiger partial charge in [-0.25, -0.2) is 4.79 Å². The van der Waals surface area contributed by atoms with Crippen LogP contribution in [0.2, 0.25) is 0 Å². The summed E-state index contributed by atoms with van der Waals surface area (Å²) < 4.78 is 10.8. The van der Waals surface area contributed by atoms with Crippen molar-refractivity contribution in [1.29, 1.82) is 0 Å². The summed E-state index contributed by atoms with van der Waals surface area (Å²) in [5, 5.41) is 3.67. The number of amides is 1. The minimum Gasteiger partial charge on any atom is -0.483 e. The van der Waals surface area contributed by atoms with Crippen LogP contribution in [-0.4, -0.2) is 39.7 Å². The number of aryl methyl sites for hydroxylation is 2. The Hall–Kier alpha value is -2.34. The Kier molecular flexibility index (Phi) is 5.39. The molecule has 0 spiro atoms. The second-order valence-corrected chi connectivity index (χ2v) is 5.91. The van der Waals surface area contributed by atoms with Crippen molar-refractivity contribution in [3.63, 3.8) is 0 Å². The number of likely N-dealkylation sites (N-methyl/N-ethyl adjacent to an activating group) is 1. The van der Waals surface area contributed by atoms with Gasteiger partial charge in [0, 0.05) is 17.0 Å². The number of ether oxygens (including phenoxy) is 1. The molecule has 2 aromatic rings. The van der Waals surface area contributed by atoms with E-state index in [1.807, 2.05) is 34.0 Å². The lowest BCUT2D eigenvalue weighted by molar-refractivity contribution is -0.856. The van der Waals surface area contributed by atoms with Crippen molar-refractivity contribution in [2.45, 2.75) is 13.8 Å². The molecule has 2 rings (SSSR count). The minimum atomic E-state index is -0.390. The van der Waals surface area contributed by atoms with Crippen molar-refractivity contribution in [3.8, 4) is 5.75 Å². The molecule has 0 fully saturated rings. The Morgan fingerprint density at radius 1 is 1.30 bits per heavy atom. The first-order valence-corrected chi connectivity index (χ1v) is 7.61. The van der Waals surface area contributed by atoms with Gasteiger partial charge in [-0.1, -0.05) is 0 Å². The van der Waals surface area contributed by atoms with Crippen LogP contribution in [0.25, 0.3) is 11.0 Å². The average molecular weight is 319 g/mol. The zero-order valence-corrected chi connectivity index (χ0v) is 14.0. The van der Waals surface area contributed by atoms with Crippen LogP contribution in [0.4, 0.5) is 0 Å². The molecular formula is C17H23N2O4+. The van der Waals surface area contributed by atoms with Gasteiger partial charge in [0.15, 0.2) is 6.61 Å². The van der Waals surface area contributed by atoms with E-state index in [9.17, 15) is 9.59 Å². The molecular weight excluding hydrogens is 296 g/mol. The highest BCUT2D eigenvalue weighted by atomic mass is 16.5. The van der Waals surface area contributed by atoms with Crippen LogP contribution in [0.3, 0.4) is 0 Å². The topological polar surface area (TPSA) is 73.0 Å². The summed E-state index contributed by atoms with van der Waals surface area (Å²) in [6.07, 6.45) is 0. The Labute approximate surface area is 135 Å². The quantitative estimate of drug-likeness (QED) is 0.738. The molecule has 0 saturated heterocycles. The summed E-state index contributed by atoms with van der Waals surface area (Å²) in [4.78, 5) is 24.6. The summed E-state index contributed by atoms with van der Waals surface area (Å²) >= 11 is 0. The van der Waals surface area contributed by atoms with E-state index in [2.05, 4.69) is 5.32 Å². The molecule has 1 aromatic carbocycles. The van der Waals surface area contributed by atoms with Crippen LogP contribution in [-0.2, 0) is 4.79 Å². The van der Waals surface area contributed by atoms with Gasteiger partial charge in [-0.3, -0.25) is 4.79 Å². The molecule has 0 saturated carbocycles. The molecule has 0 bridgehead atoms. The third kappa shape index (κ3) is 4.32.